The minimum atomic E-state index is 1.10. The number of benzene rings is 6. The van der Waals surface area contributed by atoms with E-state index in [1.807, 2.05) is 0 Å². The van der Waals surface area contributed by atoms with Gasteiger partial charge in [-0.05, 0) is 66.7 Å². The molecule has 0 aliphatic heterocycles. The van der Waals surface area contributed by atoms with Crippen LogP contribution >= 0.6 is 15.9 Å². The Morgan fingerprint density at radius 1 is 0.387 bits per heavy atom. The molecule has 0 saturated carbocycles. The van der Waals surface area contributed by atoms with Crippen LogP contribution in [0.4, 0.5) is 0 Å². The first-order valence-electron chi connectivity index (χ1n) is 10.5. The Labute approximate surface area is 189 Å². The third-order valence-electron chi connectivity index (χ3n) is 6.11. The Balaban J connectivity index is 1.92. The molecule has 0 unspecified atom stereocenters. The molecule has 146 valence electrons. The van der Waals surface area contributed by atoms with Gasteiger partial charge < -0.3 is 0 Å². The first-order chi connectivity index (χ1) is 15.3. The number of hydrogen-bond donors (Lipinski definition) is 0. The fourth-order valence-corrected chi connectivity index (χ4v) is 5.13. The molecule has 0 bridgehead atoms. The van der Waals surface area contributed by atoms with Crippen LogP contribution < -0.4 is 0 Å². The smallest absolute Gasteiger partial charge is 0.0181 e. The van der Waals surface area contributed by atoms with Crippen LogP contribution in [-0.2, 0) is 0 Å². The van der Waals surface area contributed by atoms with Crippen LogP contribution in [0.25, 0.3) is 54.6 Å². The summed E-state index contributed by atoms with van der Waals surface area (Å²) in [4.78, 5) is 0. The lowest BCUT2D eigenvalue weighted by molar-refractivity contribution is 1.63. The van der Waals surface area contributed by atoms with Crippen molar-refractivity contribution in [1.29, 1.82) is 0 Å². The SMILES string of the molecule is Brc1ccc2c3ccccc3c3c(-c4ccccc4)ccc(-c4ccccc4)c3c2c1. The van der Waals surface area contributed by atoms with Gasteiger partial charge in [-0.3, -0.25) is 0 Å². The van der Waals surface area contributed by atoms with Crippen molar-refractivity contribution in [3.63, 3.8) is 0 Å². The predicted octanol–water partition coefficient (Wildman–Crippen LogP) is 9.24. The summed E-state index contributed by atoms with van der Waals surface area (Å²) in [6, 6.07) is 41.5. The summed E-state index contributed by atoms with van der Waals surface area (Å²) < 4.78 is 1.10. The Bertz CT molecular complexity index is 1570. The van der Waals surface area contributed by atoms with Crippen LogP contribution in [0.5, 0.6) is 0 Å². The van der Waals surface area contributed by atoms with E-state index in [0.29, 0.717) is 0 Å². The molecule has 1 heteroatoms. The average Bonchev–Trinajstić information content (AvgIpc) is 2.84. The third kappa shape index (κ3) is 2.97. The molecule has 0 fully saturated rings. The maximum absolute atomic E-state index is 3.73. The van der Waals surface area contributed by atoms with Crippen molar-refractivity contribution in [2.75, 3.05) is 0 Å². The van der Waals surface area contributed by atoms with Gasteiger partial charge in [0.25, 0.3) is 0 Å². The minimum absolute atomic E-state index is 1.10. The quantitative estimate of drug-likeness (QED) is 0.226. The van der Waals surface area contributed by atoms with Crippen molar-refractivity contribution in [1.82, 2.24) is 0 Å². The molecular formula is C30H19Br. The molecule has 0 nitrogen and oxygen atoms in total. The second-order valence-electron chi connectivity index (χ2n) is 7.88. The summed E-state index contributed by atoms with van der Waals surface area (Å²) >= 11 is 3.73. The molecule has 0 heterocycles. The number of hydrogen-bond acceptors (Lipinski definition) is 0. The van der Waals surface area contributed by atoms with Crippen LogP contribution in [0, 0.1) is 0 Å². The van der Waals surface area contributed by atoms with Crippen molar-refractivity contribution in [3.8, 4) is 22.3 Å². The van der Waals surface area contributed by atoms with E-state index in [1.54, 1.807) is 0 Å². The normalized spacial score (nSPS) is 11.4. The molecule has 0 aromatic heterocycles. The zero-order valence-electron chi connectivity index (χ0n) is 16.8. The van der Waals surface area contributed by atoms with Crippen molar-refractivity contribution in [3.05, 3.63) is 120 Å². The Morgan fingerprint density at radius 2 is 0.871 bits per heavy atom. The minimum Gasteiger partial charge on any atom is -0.0622 e. The largest absolute Gasteiger partial charge is 0.0622 e. The topological polar surface area (TPSA) is 0 Å². The van der Waals surface area contributed by atoms with Crippen molar-refractivity contribution >= 4 is 48.2 Å². The molecule has 6 aromatic rings. The second-order valence-corrected chi connectivity index (χ2v) is 8.79. The second kappa shape index (κ2) is 7.37. The van der Waals surface area contributed by atoms with Crippen molar-refractivity contribution in [2.24, 2.45) is 0 Å². The highest BCUT2D eigenvalue weighted by atomic mass is 79.9. The molecule has 0 N–H and O–H groups in total. The summed E-state index contributed by atoms with van der Waals surface area (Å²) in [5.41, 5.74) is 5.02. The molecule has 31 heavy (non-hydrogen) atoms. The summed E-state index contributed by atoms with van der Waals surface area (Å²) in [5.74, 6) is 0. The zero-order valence-corrected chi connectivity index (χ0v) is 18.4. The number of halogens is 1. The van der Waals surface area contributed by atoms with E-state index >= 15 is 0 Å². The number of rotatable bonds is 2. The van der Waals surface area contributed by atoms with Gasteiger partial charge in [0.15, 0.2) is 0 Å². The lowest BCUT2D eigenvalue weighted by atomic mass is 9.85. The molecule has 0 spiro atoms. The predicted molar refractivity (Wildman–Crippen MR) is 138 cm³/mol. The molecule has 0 amide bonds. The lowest BCUT2D eigenvalue weighted by Gasteiger charge is -2.18. The van der Waals surface area contributed by atoms with Crippen LogP contribution in [0.1, 0.15) is 0 Å². The van der Waals surface area contributed by atoms with Crippen LogP contribution in [-0.4, -0.2) is 0 Å². The van der Waals surface area contributed by atoms with Gasteiger partial charge in [-0.25, -0.2) is 0 Å². The van der Waals surface area contributed by atoms with Gasteiger partial charge in [0.2, 0.25) is 0 Å². The molecule has 0 saturated heterocycles. The van der Waals surface area contributed by atoms with E-state index < -0.39 is 0 Å². The van der Waals surface area contributed by atoms with E-state index in [2.05, 4.69) is 131 Å². The van der Waals surface area contributed by atoms with Crippen LogP contribution in [0.2, 0.25) is 0 Å². The maximum atomic E-state index is 3.73. The molecular weight excluding hydrogens is 440 g/mol. The molecule has 0 radical (unpaired) electrons. The van der Waals surface area contributed by atoms with Crippen LogP contribution in [0.15, 0.2) is 120 Å². The summed E-state index contributed by atoms with van der Waals surface area (Å²) in [5, 5.41) is 7.77. The first-order valence-corrected chi connectivity index (χ1v) is 11.3. The fourth-order valence-electron chi connectivity index (χ4n) is 4.77. The standard InChI is InChI=1S/C30H19Br/c31-22-15-16-26-25-13-7-8-14-27(25)29-23(20-9-3-1-4-10-20)17-18-24(30(29)28(26)19-22)21-11-5-2-6-12-21/h1-19H. The molecule has 0 aliphatic rings. The van der Waals surface area contributed by atoms with Crippen molar-refractivity contribution < 1.29 is 0 Å². The Morgan fingerprint density at radius 3 is 1.48 bits per heavy atom. The van der Waals surface area contributed by atoms with Gasteiger partial charge in [0.05, 0.1) is 0 Å². The molecule has 0 aliphatic carbocycles. The van der Waals surface area contributed by atoms with Gasteiger partial charge in [0, 0.05) is 4.47 Å². The zero-order chi connectivity index (χ0) is 20.8. The fraction of sp³-hybridized carbons (Fsp3) is 0. The first kappa shape index (κ1) is 18.4. The maximum Gasteiger partial charge on any atom is 0.0181 e. The summed E-state index contributed by atoms with van der Waals surface area (Å²) in [6.07, 6.45) is 0. The third-order valence-corrected chi connectivity index (χ3v) is 6.61. The van der Waals surface area contributed by atoms with E-state index in [-0.39, 0.29) is 0 Å². The highest BCUT2D eigenvalue weighted by Gasteiger charge is 2.17. The van der Waals surface area contributed by atoms with Crippen LogP contribution in [0.3, 0.4) is 0 Å². The monoisotopic (exact) mass is 458 g/mol. The average molecular weight is 459 g/mol. The molecule has 6 rings (SSSR count). The van der Waals surface area contributed by atoms with Gasteiger partial charge in [-0.1, -0.05) is 119 Å². The van der Waals surface area contributed by atoms with E-state index in [1.165, 1.54) is 54.6 Å². The Hall–Kier alpha value is -3.42. The van der Waals surface area contributed by atoms with E-state index in [9.17, 15) is 0 Å². The molecule has 6 aromatic carbocycles. The highest BCUT2D eigenvalue weighted by molar-refractivity contribution is 9.10. The lowest BCUT2D eigenvalue weighted by Crippen LogP contribution is -1.90. The van der Waals surface area contributed by atoms with Crippen molar-refractivity contribution in [2.45, 2.75) is 0 Å². The van der Waals surface area contributed by atoms with Gasteiger partial charge in [-0.2, -0.15) is 0 Å². The summed E-state index contributed by atoms with van der Waals surface area (Å²) in [6.45, 7) is 0. The molecule has 0 atom stereocenters. The van der Waals surface area contributed by atoms with Gasteiger partial charge >= 0.3 is 0 Å². The van der Waals surface area contributed by atoms with Gasteiger partial charge in [-0.15, -0.1) is 0 Å². The summed E-state index contributed by atoms with van der Waals surface area (Å²) in [7, 11) is 0. The number of fused-ring (bicyclic) bond motifs is 6. The highest BCUT2D eigenvalue weighted by Crippen LogP contribution is 2.45. The van der Waals surface area contributed by atoms with E-state index in [0.717, 1.165) is 4.47 Å². The Kier molecular flexibility index (Phi) is 4.36. The van der Waals surface area contributed by atoms with Gasteiger partial charge in [0.1, 0.15) is 0 Å². The van der Waals surface area contributed by atoms with E-state index in [4.69, 9.17) is 0 Å².